The van der Waals surface area contributed by atoms with Crippen LogP contribution in [0.3, 0.4) is 0 Å². The predicted molar refractivity (Wildman–Crippen MR) is 104 cm³/mol. The maximum absolute atomic E-state index is 12.4. The van der Waals surface area contributed by atoms with Crippen LogP contribution < -0.4 is 0 Å². The first kappa shape index (κ1) is 17.6. The number of esters is 1. The molecule has 0 aliphatic rings. The second kappa shape index (κ2) is 7.79. The second-order valence-electron chi connectivity index (χ2n) is 6.13. The van der Waals surface area contributed by atoms with Gasteiger partial charge in [0, 0.05) is 17.1 Å². The number of aromatic nitrogens is 1. The smallest absolute Gasteiger partial charge is 0.340 e. The van der Waals surface area contributed by atoms with Crippen LogP contribution in [0.5, 0.6) is 0 Å². The Labute approximate surface area is 153 Å². The Balaban J connectivity index is 2.16. The van der Waals surface area contributed by atoms with Gasteiger partial charge in [0.2, 0.25) is 0 Å². The summed E-state index contributed by atoms with van der Waals surface area (Å²) < 4.78 is 7.37. The molecular formula is C21H23NO2S. The summed E-state index contributed by atoms with van der Waals surface area (Å²) in [6.45, 7) is 6.60. The molecule has 0 aliphatic heterocycles. The van der Waals surface area contributed by atoms with Gasteiger partial charge < -0.3 is 9.14 Å². The molecule has 4 heteroatoms. The standard InChI is InChI=1S/C21H23NO2S/c1-4-24-21(23)17-14-19(22-13-9-8-12-18(17)22)20(25-15(2)3)16-10-6-5-7-11-16/h5-15,20H,4H2,1-3H3. The Morgan fingerprint density at radius 2 is 1.84 bits per heavy atom. The van der Waals surface area contributed by atoms with Crippen LogP contribution in [0.15, 0.2) is 60.8 Å². The van der Waals surface area contributed by atoms with Crippen LogP contribution >= 0.6 is 11.8 Å². The summed E-state index contributed by atoms with van der Waals surface area (Å²) in [5.41, 5.74) is 3.85. The van der Waals surface area contributed by atoms with Crippen LogP contribution in [-0.2, 0) is 4.74 Å². The van der Waals surface area contributed by atoms with Crippen molar-refractivity contribution in [1.29, 1.82) is 0 Å². The van der Waals surface area contributed by atoms with Crippen molar-refractivity contribution in [3.63, 3.8) is 0 Å². The summed E-state index contributed by atoms with van der Waals surface area (Å²) in [5, 5.41) is 0.616. The molecular weight excluding hydrogens is 330 g/mol. The van der Waals surface area contributed by atoms with E-state index in [4.69, 9.17) is 4.74 Å². The van der Waals surface area contributed by atoms with Gasteiger partial charge in [-0.05, 0) is 30.7 Å². The fourth-order valence-electron chi connectivity index (χ4n) is 2.97. The third-order valence-electron chi connectivity index (χ3n) is 3.98. The van der Waals surface area contributed by atoms with Gasteiger partial charge in [-0.2, -0.15) is 0 Å². The number of pyridine rings is 1. The quantitative estimate of drug-likeness (QED) is 0.560. The van der Waals surface area contributed by atoms with E-state index in [1.807, 2.05) is 55.2 Å². The Bertz CT molecular complexity index is 855. The molecule has 0 saturated heterocycles. The van der Waals surface area contributed by atoms with Crippen LogP contribution in [0.25, 0.3) is 5.52 Å². The van der Waals surface area contributed by atoms with Crippen molar-refractivity contribution >= 4 is 23.2 Å². The molecule has 3 nitrogen and oxygen atoms in total. The highest BCUT2D eigenvalue weighted by Gasteiger charge is 2.24. The molecule has 3 aromatic rings. The molecule has 0 N–H and O–H groups in total. The first-order chi connectivity index (χ1) is 12.1. The topological polar surface area (TPSA) is 30.7 Å². The van der Waals surface area contributed by atoms with Gasteiger partial charge in [-0.25, -0.2) is 4.79 Å². The Kier molecular flexibility index (Phi) is 5.49. The zero-order valence-corrected chi connectivity index (χ0v) is 15.6. The first-order valence-corrected chi connectivity index (χ1v) is 9.53. The lowest BCUT2D eigenvalue weighted by Gasteiger charge is -2.19. The maximum atomic E-state index is 12.4. The zero-order valence-electron chi connectivity index (χ0n) is 14.8. The van der Waals surface area contributed by atoms with Crippen LogP contribution in [-0.4, -0.2) is 22.2 Å². The van der Waals surface area contributed by atoms with E-state index in [2.05, 4.69) is 42.5 Å². The highest BCUT2D eigenvalue weighted by atomic mass is 32.2. The molecule has 1 atom stereocenters. The van der Waals surface area contributed by atoms with E-state index in [9.17, 15) is 4.79 Å². The minimum absolute atomic E-state index is 0.152. The summed E-state index contributed by atoms with van der Waals surface area (Å²) in [6, 6.07) is 18.3. The summed E-state index contributed by atoms with van der Waals surface area (Å²) in [7, 11) is 0. The molecule has 130 valence electrons. The lowest BCUT2D eigenvalue weighted by atomic mass is 10.1. The minimum Gasteiger partial charge on any atom is -0.462 e. The van der Waals surface area contributed by atoms with Gasteiger partial charge in [-0.3, -0.25) is 0 Å². The van der Waals surface area contributed by atoms with Crippen molar-refractivity contribution in [3.05, 3.63) is 77.6 Å². The molecule has 25 heavy (non-hydrogen) atoms. The normalized spacial score (nSPS) is 12.5. The SMILES string of the molecule is CCOC(=O)c1cc(C(SC(C)C)c2ccccc2)n2ccccc12. The van der Waals surface area contributed by atoms with E-state index in [1.165, 1.54) is 5.56 Å². The zero-order chi connectivity index (χ0) is 17.8. The van der Waals surface area contributed by atoms with E-state index in [-0.39, 0.29) is 11.2 Å². The maximum Gasteiger partial charge on any atom is 0.340 e. The number of ether oxygens (including phenoxy) is 1. The van der Waals surface area contributed by atoms with Crippen molar-refractivity contribution in [3.8, 4) is 0 Å². The Morgan fingerprint density at radius 3 is 2.52 bits per heavy atom. The van der Waals surface area contributed by atoms with Gasteiger partial charge in [0.1, 0.15) is 0 Å². The van der Waals surface area contributed by atoms with Gasteiger partial charge in [0.15, 0.2) is 0 Å². The van der Waals surface area contributed by atoms with Crippen molar-refractivity contribution in [2.45, 2.75) is 31.3 Å². The molecule has 0 saturated carbocycles. The molecule has 0 radical (unpaired) electrons. The third kappa shape index (κ3) is 3.74. The largest absolute Gasteiger partial charge is 0.462 e. The number of rotatable bonds is 6. The number of carbonyl (C=O) groups excluding carboxylic acids is 1. The van der Waals surface area contributed by atoms with E-state index in [0.717, 1.165) is 11.2 Å². The van der Waals surface area contributed by atoms with Gasteiger partial charge >= 0.3 is 5.97 Å². The summed E-state index contributed by atoms with van der Waals surface area (Å²) in [4.78, 5) is 12.4. The van der Waals surface area contributed by atoms with E-state index in [1.54, 1.807) is 0 Å². The van der Waals surface area contributed by atoms with E-state index >= 15 is 0 Å². The first-order valence-electron chi connectivity index (χ1n) is 8.59. The molecule has 2 heterocycles. The van der Waals surface area contributed by atoms with Crippen LogP contribution in [0.1, 0.15) is 47.6 Å². The van der Waals surface area contributed by atoms with Crippen molar-refractivity contribution in [2.75, 3.05) is 6.61 Å². The van der Waals surface area contributed by atoms with Crippen molar-refractivity contribution in [2.24, 2.45) is 0 Å². The number of hydrogen-bond donors (Lipinski definition) is 0. The van der Waals surface area contributed by atoms with Crippen LogP contribution in [0.4, 0.5) is 0 Å². The number of thioether (sulfide) groups is 1. The highest BCUT2D eigenvalue weighted by molar-refractivity contribution is 8.00. The number of fused-ring (bicyclic) bond motifs is 1. The molecule has 0 amide bonds. The number of benzene rings is 1. The van der Waals surface area contributed by atoms with Crippen LogP contribution in [0.2, 0.25) is 0 Å². The average Bonchev–Trinajstić information content (AvgIpc) is 3.00. The summed E-state index contributed by atoms with van der Waals surface area (Å²) in [6.07, 6.45) is 2.02. The second-order valence-corrected chi connectivity index (χ2v) is 7.82. The average molecular weight is 353 g/mol. The fourth-order valence-corrected chi connectivity index (χ4v) is 4.15. The Hall–Kier alpha value is -2.20. The lowest BCUT2D eigenvalue weighted by molar-refractivity contribution is 0.0529. The molecule has 0 aliphatic carbocycles. The third-order valence-corrected chi connectivity index (χ3v) is 5.31. The molecule has 0 spiro atoms. The molecule has 0 bridgehead atoms. The van der Waals surface area contributed by atoms with E-state index < -0.39 is 0 Å². The number of hydrogen-bond acceptors (Lipinski definition) is 3. The van der Waals surface area contributed by atoms with Gasteiger partial charge in [-0.1, -0.05) is 50.2 Å². The van der Waals surface area contributed by atoms with E-state index in [0.29, 0.717) is 17.4 Å². The highest BCUT2D eigenvalue weighted by Crippen LogP contribution is 2.39. The predicted octanol–water partition coefficient (Wildman–Crippen LogP) is 5.35. The van der Waals surface area contributed by atoms with Gasteiger partial charge in [-0.15, -0.1) is 11.8 Å². The monoisotopic (exact) mass is 353 g/mol. The molecule has 0 fully saturated rings. The molecule has 1 aromatic carbocycles. The summed E-state index contributed by atoms with van der Waals surface area (Å²) in [5.74, 6) is -0.265. The van der Waals surface area contributed by atoms with Crippen LogP contribution in [0, 0.1) is 0 Å². The van der Waals surface area contributed by atoms with Crippen molar-refractivity contribution < 1.29 is 9.53 Å². The number of nitrogens with zero attached hydrogens (tertiary/aromatic N) is 1. The Morgan fingerprint density at radius 1 is 1.12 bits per heavy atom. The van der Waals surface area contributed by atoms with Gasteiger partial charge in [0.05, 0.1) is 22.9 Å². The minimum atomic E-state index is -0.265. The lowest BCUT2D eigenvalue weighted by Crippen LogP contribution is -2.04. The molecule has 1 unspecified atom stereocenters. The summed E-state index contributed by atoms with van der Waals surface area (Å²) >= 11 is 1.89. The van der Waals surface area contributed by atoms with Crippen molar-refractivity contribution in [1.82, 2.24) is 4.40 Å². The van der Waals surface area contributed by atoms with Gasteiger partial charge in [0.25, 0.3) is 0 Å². The number of carbonyl (C=O) groups is 1. The molecule has 2 aromatic heterocycles. The fraction of sp³-hybridized carbons (Fsp3) is 0.286. The molecule has 3 rings (SSSR count).